The molecular weight excluding hydrogens is 328 g/mol. The molecule has 1 saturated heterocycles. The lowest BCUT2D eigenvalue weighted by molar-refractivity contribution is -0.0697. The van der Waals surface area contributed by atoms with Crippen molar-refractivity contribution in [3.8, 4) is 0 Å². The Hall–Kier alpha value is -1.84. The fourth-order valence-electron chi connectivity index (χ4n) is 2.74. The largest absolute Gasteiger partial charge is 0.377 e. The molecule has 1 aromatic carbocycles. The first-order valence-electron chi connectivity index (χ1n) is 6.82. The zero-order valence-electron chi connectivity index (χ0n) is 12.5. The van der Waals surface area contributed by atoms with Crippen LogP contribution in [0.15, 0.2) is 29.4 Å². The van der Waals surface area contributed by atoms with Crippen molar-refractivity contribution < 1.29 is 21.9 Å². The van der Waals surface area contributed by atoms with E-state index in [-0.39, 0.29) is 23.8 Å². The lowest BCUT2D eigenvalue weighted by Crippen LogP contribution is -2.60. The van der Waals surface area contributed by atoms with E-state index < -0.39 is 27.2 Å². The topological polar surface area (TPSA) is 73.2 Å². The molecule has 1 aliphatic heterocycles. The number of nitrogens with one attached hydrogen (secondary N) is 1. The van der Waals surface area contributed by atoms with Crippen LogP contribution in [0.3, 0.4) is 0 Å². The number of hydrogen-bond acceptors (Lipinski definition) is 4. The van der Waals surface area contributed by atoms with Gasteiger partial charge in [-0.3, -0.25) is 4.68 Å². The molecule has 0 unspecified atom stereocenters. The predicted octanol–water partition coefficient (Wildman–Crippen LogP) is 1.21. The third-order valence-electron chi connectivity index (χ3n) is 3.78. The van der Waals surface area contributed by atoms with Crippen molar-refractivity contribution in [1.29, 1.82) is 0 Å². The van der Waals surface area contributed by atoms with Gasteiger partial charge in [-0.1, -0.05) is 6.07 Å². The van der Waals surface area contributed by atoms with Gasteiger partial charge in [-0.15, -0.1) is 0 Å². The van der Waals surface area contributed by atoms with Crippen LogP contribution in [-0.2, 0) is 27.3 Å². The van der Waals surface area contributed by atoms with Gasteiger partial charge in [0.2, 0.25) is 0 Å². The van der Waals surface area contributed by atoms with Gasteiger partial charge in [0.1, 0.15) is 17.2 Å². The number of rotatable bonds is 4. The number of halogens is 2. The first-order valence-corrected chi connectivity index (χ1v) is 8.30. The standard InChI is InChI=1S/C14H15F2N3O3S/c1-9-6-17-19(2)13(9)23(20,21)18-14(7-22-8-14)12-10(15)4-3-5-11(12)16/h3-6,18H,7-8H2,1-2H3. The van der Waals surface area contributed by atoms with Crippen molar-refractivity contribution in [3.63, 3.8) is 0 Å². The van der Waals surface area contributed by atoms with E-state index in [2.05, 4.69) is 9.82 Å². The summed E-state index contributed by atoms with van der Waals surface area (Å²) in [5.41, 5.74) is -1.37. The van der Waals surface area contributed by atoms with Crippen LogP contribution in [0.5, 0.6) is 0 Å². The van der Waals surface area contributed by atoms with Gasteiger partial charge in [0, 0.05) is 18.2 Å². The van der Waals surface area contributed by atoms with Crippen molar-refractivity contribution in [2.24, 2.45) is 7.05 Å². The van der Waals surface area contributed by atoms with Crippen LogP contribution < -0.4 is 4.72 Å². The molecule has 6 nitrogen and oxygen atoms in total. The summed E-state index contributed by atoms with van der Waals surface area (Å²) >= 11 is 0. The average molecular weight is 343 g/mol. The second-order valence-electron chi connectivity index (χ2n) is 5.53. The summed E-state index contributed by atoms with van der Waals surface area (Å²) in [7, 11) is -2.56. The predicted molar refractivity (Wildman–Crippen MR) is 77.1 cm³/mol. The van der Waals surface area contributed by atoms with E-state index in [4.69, 9.17) is 4.74 Å². The first kappa shape index (κ1) is 16.0. The highest BCUT2D eigenvalue weighted by atomic mass is 32.2. The number of nitrogens with zero attached hydrogens (tertiary/aromatic N) is 2. The molecule has 1 aromatic heterocycles. The zero-order valence-corrected chi connectivity index (χ0v) is 13.3. The van der Waals surface area contributed by atoms with Gasteiger partial charge < -0.3 is 4.74 Å². The summed E-state index contributed by atoms with van der Waals surface area (Å²) < 4.78 is 62.2. The minimum Gasteiger partial charge on any atom is -0.377 e. The Labute approximate surface area is 132 Å². The highest BCUT2D eigenvalue weighted by Gasteiger charge is 2.48. The number of ether oxygens (including phenoxy) is 1. The summed E-state index contributed by atoms with van der Waals surface area (Å²) in [6.07, 6.45) is 1.40. The quantitative estimate of drug-likeness (QED) is 0.906. The van der Waals surface area contributed by atoms with E-state index in [0.29, 0.717) is 5.56 Å². The van der Waals surface area contributed by atoms with Gasteiger partial charge in [-0.25, -0.2) is 17.2 Å². The van der Waals surface area contributed by atoms with E-state index >= 15 is 0 Å². The van der Waals surface area contributed by atoms with Crippen molar-refractivity contribution in [3.05, 3.63) is 47.2 Å². The number of benzene rings is 1. The molecule has 124 valence electrons. The molecule has 0 atom stereocenters. The van der Waals surface area contributed by atoms with Crippen LogP contribution in [-0.4, -0.2) is 31.4 Å². The van der Waals surface area contributed by atoms with E-state index in [0.717, 1.165) is 12.1 Å². The molecule has 2 aromatic rings. The van der Waals surface area contributed by atoms with Gasteiger partial charge in [0.15, 0.2) is 5.03 Å². The fourth-order valence-corrected chi connectivity index (χ4v) is 4.45. The minimum atomic E-state index is -4.04. The summed E-state index contributed by atoms with van der Waals surface area (Å²) in [6, 6.07) is 3.39. The smallest absolute Gasteiger partial charge is 0.258 e. The van der Waals surface area contributed by atoms with Crippen molar-refractivity contribution in [1.82, 2.24) is 14.5 Å². The third-order valence-corrected chi connectivity index (χ3v) is 5.53. The van der Waals surface area contributed by atoms with Crippen LogP contribution >= 0.6 is 0 Å². The molecule has 1 N–H and O–H groups in total. The monoisotopic (exact) mass is 343 g/mol. The molecule has 0 saturated carbocycles. The summed E-state index contributed by atoms with van der Waals surface area (Å²) in [4.78, 5) is 0. The Bertz CT molecular complexity index is 820. The molecule has 9 heteroatoms. The van der Waals surface area contributed by atoms with Gasteiger partial charge in [0.25, 0.3) is 10.0 Å². The zero-order chi connectivity index (χ0) is 16.8. The second-order valence-corrected chi connectivity index (χ2v) is 7.13. The second kappa shape index (κ2) is 5.36. The molecule has 3 rings (SSSR count). The number of hydrogen-bond donors (Lipinski definition) is 1. The molecule has 0 spiro atoms. The first-order chi connectivity index (χ1) is 10.8. The molecule has 23 heavy (non-hydrogen) atoms. The summed E-state index contributed by atoms with van der Waals surface area (Å²) in [5, 5.41) is 3.83. The van der Waals surface area contributed by atoms with Crippen LogP contribution in [0.1, 0.15) is 11.1 Å². The maximum Gasteiger partial charge on any atom is 0.258 e. The Morgan fingerprint density at radius 3 is 2.35 bits per heavy atom. The SMILES string of the molecule is Cc1cnn(C)c1S(=O)(=O)NC1(c2c(F)cccc2F)COC1. The fraction of sp³-hybridized carbons (Fsp3) is 0.357. The normalized spacial score (nSPS) is 17.0. The van der Waals surface area contributed by atoms with E-state index in [1.807, 2.05) is 0 Å². The van der Waals surface area contributed by atoms with Crippen LogP contribution in [0, 0.1) is 18.6 Å². The lowest BCUT2D eigenvalue weighted by atomic mass is 9.88. The van der Waals surface area contributed by atoms with E-state index in [1.165, 1.54) is 24.0 Å². The Morgan fingerprint density at radius 1 is 1.30 bits per heavy atom. The Kier molecular flexibility index (Phi) is 3.74. The molecule has 0 bridgehead atoms. The maximum atomic E-state index is 14.1. The highest BCUT2D eigenvalue weighted by molar-refractivity contribution is 7.89. The molecule has 0 aliphatic carbocycles. The lowest BCUT2D eigenvalue weighted by Gasteiger charge is -2.42. The number of sulfonamides is 1. The summed E-state index contributed by atoms with van der Waals surface area (Å²) in [6.45, 7) is 1.29. The Morgan fingerprint density at radius 2 is 1.91 bits per heavy atom. The summed E-state index contributed by atoms with van der Waals surface area (Å²) in [5.74, 6) is -1.64. The maximum absolute atomic E-state index is 14.1. The van der Waals surface area contributed by atoms with E-state index in [1.54, 1.807) is 6.92 Å². The molecular formula is C14H15F2N3O3S. The molecule has 0 radical (unpaired) electrons. The van der Waals surface area contributed by atoms with Crippen LogP contribution in [0.4, 0.5) is 8.78 Å². The third kappa shape index (κ3) is 2.54. The number of aryl methyl sites for hydroxylation is 2. The molecule has 1 fully saturated rings. The van der Waals surface area contributed by atoms with Crippen LogP contribution in [0.25, 0.3) is 0 Å². The molecule has 2 heterocycles. The molecule has 1 aliphatic rings. The van der Waals surface area contributed by atoms with Crippen molar-refractivity contribution >= 4 is 10.0 Å². The minimum absolute atomic E-state index is 0.0551. The van der Waals surface area contributed by atoms with Gasteiger partial charge in [-0.05, 0) is 19.1 Å². The van der Waals surface area contributed by atoms with Crippen molar-refractivity contribution in [2.75, 3.05) is 13.2 Å². The van der Waals surface area contributed by atoms with Crippen LogP contribution in [0.2, 0.25) is 0 Å². The van der Waals surface area contributed by atoms with Gasteiger partial charge in [0.05, 0.1) is 19.4 Å². The molecule has 0 amide bonds. The highest BCUT2D eigenvalue weighted by Crippen LogP contribution is 2.35. The van der Waals surface area contributed by atoms with Crippen molar-refractivity contribution in [2.45, 2.75) is 17.5 Å². The van der Waals surface area contributed by atoms with Gasteiger partial charge >= 0.3 is 0 Å². The van der Waals surface area contributed by atoms with Gasteiger partial charge in [-0.2, -0.15) is 9.82 Å². The average Bonchev–Trinajstić information content (AvgIpc) is 2.75. The number of aromatic nitrogens is 2. The Balaban J connectivity index is 2.06. The van der Waals surface area contributed by atoms with E-state index in [9.17, 15) is 17.2 Å².